The molecule has 0 saturated carbocycles. The van der Waals surface area contributed by atoms with Crippen LogP contribution in [0.5, 0.6) is 0 Å². The molecule has 50 valence electrons. The second kappa shape index (κ2) is 4.07. The first-order valence-corrected chi connectivity index (χ1v) is 2.61. The first kappa shape index (κ1) is 3.35. The van der Waals surface area contributed by atoms with Crippen LogP contribution in [-0.4, -0.2) is 5.78 Å². The minimum atomic E-state index is -2.49. The Bertz CT molecular complexity index is 256. The Balaban J connectivity index is 4.60. The molecular formula is C8H12O. The minimum Gasteiger partial charge on any atom is -0.290 e. The summed E-state index contributed by atoms with van der Waals surface area (Å²) < 4.78 is 27.5. The van der Waals surface area contributed by atoms with Crippen LogP contribution in [-0.2, 0) is 4.79 Å². The van der Waals surface area contributed by atoms with E-state index in [4.69, 9.17) is 5.48 Å². The fourth-order valence-electron chi connectivity index (χ4n) is 0.397. The Hall–Kier alpha value is -0.850. The van der Waals surface area contributed by atoms with Gasteiger partial charge in [0.1, 0.15) is 0 Å². The van der Waals surface area contributed by atoms with Crippen LogP contribution in [0, 0.1) is 0 Å². The summed E-state index contributed by atoms with van der Waals surface area (Å²) in [6.45, 7) is 0.959. The lowest BCUT2D eigenvalue weighted by Gasteiger charge is -1.83. The molecule has 0 aliphatic heterocycles. The summed E-state index contributed by atoms with van der Waals surface area (Å²) in [7, 11) is 0. The van der Waals surface area contributed by atoms with Crippen molar-refractivity contribution in [2.45, 2.75) is 20.7 Å². The molecule has 0 amide bonds. The van der Waals surface area contributed by atoms with Crippen molar-refractivity contribution in [1.82, 2.24) is 0 Å². The zero-order valence-corrected chi connectivity index (χ0v) is 5.56. The number of rotatable bonds is 2. The second-order valence-corrected chi connectivity index (χ2v) is 1.91. The van der Waals surface area contributed by atoms with Crippen molar-refractivity contribution in [3.05, 3.63) is 23.8 Å². The Kier molecular flexibility index (Phi) is 1.52. The van der Waals surface area contributed by atoms with Crippen LogP contribution in [0.2, 0.25) is 0 Å². The minimum absolute atomic E-state index is 0.457. The highest BCUT2D eigenvalue weighted by Gasteiger charge is 1.85. The summed E-state index contributed by atoms with van der Waals surface area (Å²) in [6, 6.07) is -0.630. The third-order valence-electron chi connectivity index (χ3n) is 0.645. The molecular weight excluding hydrogens is 112 g/mol. The highest BCUT2D eigenvalue weighted by molar-refractivity contribution is 5.99. The van der Waals surface area contributed by atoms with Crippen LogP contribution < -0.4 is 0 Å². The number of ketones is 1. The van der Waals surface area contributed by atoms with Crippen molar-refractivity contribution in [2.75, 3.05) is 0 Å². The van der Waals surface area contributed by atoms with E-state index in [2.05, 4.69) is 0 Å². The van der Waals surface area contributed by atoms with Gasteiger partial charge in [0.15, 0.2) is 5.78 Å². The zero-order valence-electron chi connectivity index (χ0n) is 9.56. The van der Waals surface area contributed by atoms with Gasteiger partial charge >= 0.3 is 0 Å². The van der Waals surface area contributed by atoms with E-state index in [1.807, 2.05) is 0 Å². The quantitative estimate of drug-likeness (QED) is 0.520. The van der Waals surface area contributed by atoms with E-state index in [0.29, 0.717) is 0 Å². The third kappa shape index (κ3) is 5.01. The van der Waals surface area contributed by atoms with E-state index >= 15 is 0 Å². The van der Waals surface area contributed by atoms with Gasteiger partial charge in [-0.05, 0) is 32.9 Å². The number of hydrogen-bond acceptors (Lipinski definition) is 1. The van der Waals surface area contributed by atoms with E-state index in [1.54, 1.807) is 13.8 Å². The van der Waals surface area contributed by atoms with Crippen LogP contribution in [0.15, 0.2) is 23.8 Å². The summed E-state index contributed by atoms with van der Waals surface area (Å²) in [6.07, 6.45) is 2.11. The van der Waals surface area contributed by atoms with Gasteiger partial charge in [0.25, 0.3) is 0 Å². The molecule has 0 bridgehead atoms. The molecule has 0 aromatic heterocycles. The highest BCUT2D eigenvalue weighted by Crippen LogP contribution is 1.89. The third-order valence-corrected chi connectivity index (χ3v) is 0.645. The molecule has 0 aromatic rings. The lowest BCUT2D eigenvalue weighted by atomic mass is 10.2. The van der Waals surface area contributed by atoms with Gasteiger partial charge in [-0.2, -0.15) is 0 Å². The van der Waals surface area contributed by atoms with Gasteiger partial charge in [-0.1, -0.05) is 11.6 Å². The second-order valence-electron chi connectivity index (χ2n) is 1.91. The van der Waals surface area contributed by atoms with Crippen LogP contribution in [0.4, 0.5) is 0 Å². The van der Waals surface area contributed by atoms with E-state index < -0.39 is 18.7 Å². The Morgan fingerprint density at radius 1 is 1.67 bits per heavy atom. The molecule has 0 aromatic carbocycles. The standard InChI is InChI=1S/C8H12O/c1-4-5-8(9)6-7(2)3/h4-6H,1-3H3/b5-4+/i1D3,4D. The van der Waals surface area contributed by atoms with E-state index in [1.165, 1.54) is 6.08 Å². The van der Waals surface area contributed by atoms with Gasteiger partial charge in [-0.15, -0.1) is 0 Å². The zero-order chi connectivity index (χ0) is 10.6. The predicted octanol–water partition coefficient (Wildman–Crippen LogP) is 2.10. The molecule has 0 heterocycles. The van der Waals surface area contributed by atoms with Gasteiger partial charge in [0, 0.05) is 4.11 Å². The van der Waals surface area contributed by atoms with Crippen LogP contribution >= 0.6 is 0 Å². The highest BCUT2D eigenvalue weighted by atomic mass is 16.1. The van der Waals surface area contributed by atoms with Crippen LogP contribution in [0.1, 0.15) is 26.2 Å². The Morgan fingerprint density at radius 3 is 2.78 bits per heavy atom. The van der Waals surface area contributed by atoms with Crippen molar-refractivity contribution in [3.8, 4) is 0 Å². The number of carbonyl (C=O) groups is 1. The van der Waals surface area contributed by atoms with Crippen molar-refractivity contribution < 1.29 is 10.3 Å². The van der Waals surface area contributed by atoms with Gasteiger partial charge in [0.2, 0.25) is 0 Å². The van der Waals surface area contributed by atoms with Crippen molar-refractivity contribution in [1.29, 1.82) is 0 Å². The summed E-state index contributed by atoms with van der Waals surface area (Å²) in [5, 5.41) is 0. The fourth-order valence-corrected chi connectivity index (χ4v) is 0.397. The summed E-state index contributed by atoms with van der Waals surface area (Å²) in [4.78, 5) is 11.0. The molecule has 1 nitrogen and oxygen atoms in total. The van der Waals surface area contributed by atoms with Crippen molar-refractivity contribution in [3.63, 3.8) is 0 Å². The Morgan fingerprint density at radius 2 is 2.33 bits per heavy atom. The topological polar surface area (TPSA) is 17.1 Å². The van der Waals surface area contributed by atoms with Crippen molar-refractivity contribution in [2.24, 2.45) is 0 Å². The van der Waals surface area contributed by atoms with E-state index in [9.17, 15) is 4.79 Å². The molecule has 0 aliphatic carbocycles. The van der Waals surface area contributed by atoms with Gasteiger partial charge in [-0.3, -0.25) is 4.79 Å². The molecule has 0 radical (unpaired) electrons. The maximum Gasteiger partial charge on any atom is 0.178 e. The number of allylic oxidation sites excluding steroid dienone is 4. The normalized spacial score (nSPS) is 18.7. The Labute approximate surface area is 61.7 Å². The summed E-state index contributed by atoms with van der Waals surface area (Å²) in [5.74, 6) is -0.457. The molecule has 0 unspecified atom stereocenters. The maximum atomic E-state index is 11.0. The molecule has 1 heteroatoms. The van der Waals surface area contributed by atoms with Gasteiger partial charge in [0.05, 0.1) is 1.37 Å². The fraction of sp³-hybridized carbons (Fsp3) is 0.375. The van der Waals surface area contributed by atoms with E-state index in [0.717, 1.165) is 11.6 Å². The monoisotopic (exact) mass is 128 g/mol. The molecule has 0 saturated heterocycles. The predicted molar refractivity (Wildman–Crippen MR) is 39.3 cm³/mol. The van der Waals surface area contributed by atoms with E-state index in [-0.39, 0.29) is 0 Å². The summed E-state index contributed by atoms with van der Waals surface area (Å²) in [5.41, 5.74) is 0.777. The molecule has 0 fully saturated rings. The molecule has 0 aliphatic rings. The van der Waals surface area contributed by atoms with Crippen LogP contribution in [0.3, 0.4) is 0 Å². The summed E-state index contributed by atoms with van der Waals surface area (Å²) >= 11 is 0. The van der Waals surface area contributed by atoms with Gasteiger partial charge < -0.3 is 0 Å². The molecule has 0 N–H and O–H groups in total. The average molecular weight is 128 g/mol. The molecule has 0 spiro atoms. The molecule has 9 heavy (non-hydrogen) atoms. The smallest absolute Gasteiger partial charge is 0.178 e. The number of hydrogen-bond donors (Lipinski definition) is 0. The van der Waals surface area contributed by atoms with Crippen molar-refractivity contribution >= 4 is 5.78 Å². The first-order chi connectivity index (χ1) is 5.73. The van der Waals surface area contributed by atoms with Crippen LogP contribution in [0.25, 0.3) is 0 Å². The lowest BCUT2D eigenvalue weighted by Crippen LogP contribution is -1.84. The lowest BCUT2D eigenvalue weighted by molar-refractivity contribution is -0.110. The SMILES string of the molecule is [2H]/C(=C\C(=O)C=C(C)C)C([2H])([2H])[2H]. The largest absolute Gasteiger partial charge is 0.290 e. The maximum absolute atomic E-state index is 11.0. The molecule has 0 atom stereocenters. The first-order valence-electron chi connectivity index (χ1n) is 4.61. The van der Waals surface area contributed by atoms with Gasteiger partial charge in [-0.25, -0.2) is 0 Å². The molecule has 0 rings (SSSR count). The average Bonchev–Trinajstić information content (AvgIpc) is 1.82. The number of carbonyl (C=O) groups excluding carboxylic acids is 1.